The van der Waals surface area contributed by atoms with E-state index in [2.05, 4.69) is 0 Å². The van der Waals surface area contributed by atoms with Gasteiger partial charge in [-0.1, -0.05) is 12.1 Å². The fourth-order valence-corrected chi connectivity index (χ4v) is 3.60. The number of nitrogens with zero attached hydrogens (tertiary/aromatic N) is 2. The highest BCUT2D eigenvalue weighted by Gasteiger charge is 2.36. The summed E-state index contributed by atoms with van der Waals surface area (Å²) in [6.07, 6.45) is 0.768. The molecule has 2 aromatic rings. The molecule has 0 radical (unpaired) electrons. The molecule has 0 unspecified atom stereocenters. The zero-order valence-electron chi connectivity index (χ0n) is 17.3. The third kappa shape index (κ3) is 4.99. The van der Waals surface area contributed by atoms with E-state index in [0.717, 1.165) is 12.8 Å². The molecule has 2 atom stereocenters. The molecule has 1 aromatic carbocycles. The number of esters is 1. The van der Waals surface area contributed by atoms with Gasteiger partial charge in [0, 0.05) is 13.1 Å². The Morgan fingerprint density at radius 2 is 2.00 bits per heavy atom. The van der Waals surface area contributed by atoms with E-state index in [1.807, 2.05) is 20.8 Å². The Morgan fingerprint density at radius 3 is 2.72 bits per heavy atom. The SMILES string of the molecule is C[C@@H](OC(=O)CCn1c(=O)oc2ccccc21)[C@H]1CCCN1C(=O)OC(C)(C)C. The monoisotopic (exact) mass is 404 g/mol. The van der Waals surface area contributed by atoms with Crippen LogP contribution in [0.25, 0.3) is 11.1 Å². The van der Waals surface area contributed by atoms with Gasteiger partial charge in [0.1, 0.15) is 11.7 Å². The molecule has 29 heavy (non-hydrogen) atoms. The number of aromatic nitrogens is 1. The van der Waals surface area contributed by atoms with E-state index in [9.17, 15) is 14.4 Å². The van der Waals surface area contributed by atoms with Gasteiger partial charge in [0.05, 0.1) is 18.0 Å². The standard InChI is InChI=1S/C21H28N2O6/c1-14(15-9-7-12-22(15)20(26)29-21(2,3)4)27-18(24)11-13-23-16-8-5-6-10-17(16)28-19(23)25/h5-6,8,10,14-15H,7,9,11-13H2,1-4H3/t14-,15-/m1/s1. The van der Waals surface area contributed by atoms with E-state index in [-0.39, 0.29) is 25.1 Å². The lowest BCUT2D eigenvalue weighted by molar-refractivity contribution is -0.151. The number of amides is 1. The average molecular weight is 404 g/mol. The molecule has 1 fully saturated rings. The molecule has 0 saturated carbocycles. The number of benzene rings is 1. The zero-order valence-corrected chi connectivity index (χ0v) is 17.3. The smallest absolute Gasteiger partial charge is 0.419 e. The quantitative estimate of drug-likeness (QED) is 0.710. The second-order valence-electron chi connectivity index (χ2n) is 8.32. The highest BCUT2D eigenvalue weighted by Crippen LogP contribution is 2.25. The van der Waals surface area contributed by atoms with Crippen molar-refractivity contribution in [2.24, 2.45) is 0 Å². The molecule has 0 N–H and O–H groups in total. The highest BCUT2D eigenvalue weighted by molar-refractivity contribution is 5.73. The lowest BCUT2D eigenvalue weighted by Crippen LogP contribution is -2.45. The number of ether oxygens (including phenoxy) is 2. The first-order chi connectivity index (χ1) is 13.7. The fraction of sp³-hybridized carbons (Fsp3) is 0.571. The maximum absolute atomic E-state index is 12.4. The fourth-order valence-electron chi connectivity index (χ4n) is 3.60. The van der Waals surface area contributed by atoms with Crippen molar-refractivity contribution in [2.45, 2.75) is 71.2 Å². The van der Waals surface area contributed by atoms with Crippen LogP contribution < -0.4 is 5.76 Å². The summed E-state index contributed by atoms with van der Waals surface area (Å²) in [6, 6.07) is 6.85. The van der Waals surface area contributed by atoms with Crippen LogP contribution in [0.4, 0.5) is 4.79 Å². The lowest BCUT2D eigenvalue weighted by atomic mass is 10.1. The number of likely N-dealkylation sites (tertiary alicyclic amines) is 1. The van der Waals surface area contributed by atoms with Gasteiger partial charge < -0.3 is 18.8 Å². The van der Waals surface area contributed by atoms with E-state index >= 15 is 0 Å². The average Bonchev–Trinajstić information content (AvgIpc) is 3.22. The number of aryl methyl sites for hydroxylation is 1. The number of oxazole rings is 1. The third-order valence-corrected chi connectivity index (χ3v) is 4.90. The minimum Gasteiger partial charge on any atom is -0.460 e. The molecule has 0 spiro atoms. The summed E-state index contributed by atoms with van der Waals surface area (Å²) in [5.41, 5.74) is 0.550. The van der Waals surface area contributed by atoms with E-state index in [1.54, 1.807) is 36.1 Å². The molecule has 1 saturated heterocycles. The van der Waals surface area contributed by atoms with Crippen molar-refractivity contribution in [2.75, 3.05) is 6.54 Å². The van der Waals surface area contributed by atoms with Crippen molar-refractivity contribution in [1.29, 1.82) is 0 Å². The van der Waals surface area contributed by atoms with Gasteiger partial charge in [-0.05, 0) is 52.7 Å². The van der Waals surface area contributed by atoms with Crippen LogP contribution in [-0.2, 0) is 20.8 Å². The predicted molar refractivity (Wildman–Crippen MR) is 107 cm³/mol. The Labute approximate surface area is 169 Å². The Hall–Kier alpha value is -2.77. The van der Waals surface area contributed by atoms with Crippen LogP contribution in [0.3, 0.4) is 0 Å². The first kappa shape index (κ1) is 21.0. The van der Waals surface area contributed by atoms with Crippen molar-refractivity contribution in [1.82, 2.24) is 9.47 Å². The lowest BCUT2D eigenvalue weighted by Gasteiger charge is -2.31. The molecule has 8 heteroatoms. The Bertz CT molecular complexity index is 939. The van der Waals surface area contributed by atoms with E-state index in [4.69, 9.17) is 13.9 Å². The second-order valence-corrected chi connectivity index (χ2v) is 8.32. The summed E-state index contributed by atoms with van der Waals surface area (Å²) < 4.78 is 17.6. The minimum atomic E-state index is -0.579. The number of hydrogen-bond acceptors (Lipinski definition) is 6. The maximum Gasteiger partial charge on any atom is 0.419 e. The second kappa shape index (κ2) is 8.31. The first-order valence-corrected chi connectivity index (χ1v) is 9.93. The maximum atomic E-state index is 12.4. The van der Waals surface area contributed by atoms with Gasteiger partial charge >= 0.3 is 17.8 Å². The third-order valence-electron chi connectivity index (χ3n) is 4.90. The Balaban J connectivity index is 1.58. The summed E-state index contributed by atoms with van der Waals surface area (Å²) in [6.45, 7) is 7.99. The van der Waals surface area contributed by atoms with Crippen LogP contribution in [0.1, 0.15) is 47.0 Å². The van der Waals surface area contributed by atoms with Gasteiger partial charge in [0.15, 0.2) is 5.58 Å². The Kier molecular flexibility index (Phi) is 6.00. The van der Waals surface area contributed by atoms with Crippen molar-refractivity contribution in [3.8, 4) is 0 Å². The van der Waals surface area contributed by atoms with Crippen molar-refractivity contribution in [3.63, 3.8) is 0 Å². The normalized spacial score (nSPS) is 18.1. The summed E-state index contributed by atoms with van der Waals surface area (Å²) in [4.78, 5) is 38.4. The largest absolute Gasteiger partial charge is 0.460 e. The summed E-state index contributed by atoms with van der Waals surface area (Å²) in [5.74, 6) is -0.926. The van der Waals surface area contributed by atoms with E-state index in [1.165, 1.54) is 4.57 Å². The van der Waals surface area contributed by atoms with Crippen LogP contribution in [0.5, 0.6) is 0 Å². The van der Waals surface area contributed by atoms with Crippen LogP contribution in [0.15, 0.2) is 33.5 Å². The van der Waals surface area contributed by atoms with Crippen molar-refractivity contribution >= 4 is 23.2 Å². The van der Waals surface area contributed by atoms with E-state index in [0.29, 0.717) is 17.6 Å². The Morgan fingerprint density at radius 1 is 1.28 bits per heavy atom. The summed E-state index contributed by atoms with van der Waals surface area (Å²) in [7, 11) is 0. The molecule has 0 aliphatic carbocycles. The molecule has 1 aliphatic rings. The molecule has 3 rings (SSSR count). The van der Waals surface area contributed by atoms with Gasteiger partial charge in [-0.15, -0.1) is 0 Å². The molecule has 158 valence electrons. The summed E-state index contributed by atoms with van der Waals surface area (Å²) >= 11 is 0. The molecular weight excluding hydrogens is 376 g/mol. The van der Waals surface area contributed by atoms with Crippen LogP contribution >= 0.6 is 0 Å². The number of para-hydroxylation sites is 2. The van der Waals surface area contributed by atoms with Gasteiger partial charge in [0.25, 0.3) is 0 Å². The molecular formula is C21H28N2O6. The zero-order chi connectivity index (χ0) is 21.2. The van der Waals surface area contributed by atoms with Crippen molar-refractivity contribution < 1.29 is 23.5 Å². The van der Waals surface area contributed by atoms with Gasteiger partial charge in [-0.3, -0.25) is 9.36 Å². The topological polar surface area (TPSA) is 91.0 Å². The van der Waals surface area contributed by atoms with E-state index < -0.39 is 23.4 Å². The highest BCUT2D eigenvalue weighted by atomic mass is 16.6. The molecule has 1 aromatic heterocycles. The number of carbonyl (C=O) groups excluding carboxylic acids is 2. The molecule has 0 bridgehead atoms. The number of fused-ring (bicyclic) bond motifs is 1. The van der Waals surface area contributed by atoms with Gasteiger partial charge in [-0.2, -0.15) is 0 Å². The van der Waals surface area contributed by atoms with Crippen LogP contribution in [0, 0.1) is 0 Å². The molecule has 2 heterocycles. The van der Waals surface area contributed by atoms with Crippen molar-refractivity contribution in [3.05, 3.63) is 34.8 Å². The van der Waals surface area contributed by atoms with Crippen LogP contribution in [-0.4, -0.2) is 45.8 Å². The summed E-state index contributed by atoms with van der Waals surface area (Å²) in [5, 5.41) is 0. The van der Waals surface area contributed by atoms with Crippen LogP contribution in [0.2, 0.25) is 0 Å². The number of hydrogen-bond donors (Lipinski definition) is 0. The first-order valence-electron chi connectivity index (χ1n) is 9.93. The molecule has 1 amide bonds. The molecule has 1 aliphatic heterocycles. The predicted octanol–water partition coefficient (Wildman–Crippen LogP) is 3.32. The minimum absolute atomic E-state index is 0.0347. The van der Waals surface area contributed by atoms with Gasteiger partial charge in [-0.25, -0.2) is 9.59 Å². The van der Waals surface area contributed by atoms with Gasteiger partial charge in [0.2, 0.25) is 0 Å². The molecule has 8 nitrogen and oxygen atoms in total. The number of carbonyl (C=O) groups is 2. The number of rotatable bonds is 5.